The molecule has 1 atom stereocenters. The number of hydrogen-bond acceptors (Lipinski definition) is 10. The zero-order valence-electron chi connectivity index (χ0n) is 31.5. The van der Waals surface area contributed by atoms with Crippen molar-refractivity contribution in [1.29, 1.82) is 0 Å². The number of likely N-dealkylation sites (N-methyl/N-ethyl adjacent to an activating group) is 1. The van der Waals surface area contributed by atoms with Crippen molar-refractivity contribution in [3.8, 4) is 11.1 Å². The van der Waals surface area contributed by atoms with E-state index in [4.69, 9.17) is 19.3 Å². The number of ether oxygens (including phenoxy) is 3. The minimum Gasteiger partial charge on any atom is -0.481 e. The Morgan fingerprint density at radius 2 is 1.44 bits per heavy atom. The number of nitrogens with one attached hydrogen (secondary N) is 2. The molecule has 292 valence electrons. The Morgan fingerprint density at radius 3 is 1.89 bits per heavy atom. The van der Waals surface area contributed by atoms with E-state index < -0.39 is 29.0 Å². The SMILES string of the molecule is C=C/C=C/CCOCC(=O)c1ccc2c(c1)C(COC)c1cc(C(=O)COCC/C=C/C=C)ccc1-2.CNC(CC(=O)O)C(=O)Cn1cc(C)c(=O)[nH]c1=O. The number of benzene rings is 2. The van der Waals surface area contributed by atoms with E-state index >= 15 is 0 Å². The van der Waals surface area contributed by atoms with Gasteiger partial charge in [-0.3, -0.25) is 33.5 Å². The normalized spacial score (nSPS) is 12.5. The van der Waals surface area contributed by atoms with E-state index in [-0.39, 0.29) is 43.7 Å². The number of fused-ring (bicyclic) bond motifs is 3. The van der Waals surface area contributed by atoms with Gasteiger partial charge in [-0.15, -0.1) is 0 Å². The molecule has 1 aromatic heterocycles. The number of ketones is 3. The molecule has 2 aromatic carbocycles. The number of methoxy groups -OCH3 is 1. The third-order valence-corrected chi connectivity index (χ3v) is 8.62. The van der Waals surface area contributed by atoms with Crippen molar-refractivity contribution >= 4 is 23.3 Å². The highest BCUT2D eigenvalue weighted by atomic mass is 16.5. The molecule has 0 radical (unpaired) electrons. The standard InChI is InChI=1S/C31H34O5.C11H15N3O5/c1-4-6-8-10-16-35-21-30(32)23-12-14-25-26-15-13-24(31(33)22-36-17-11-9-7-5-2)19-28(26)29(20-34-3)27(25)18-23;1-6-4-14(11(19)13-10(6)18)5-8(15)7(12-2)3-9(16)17/h4-9,12-15,18-19,29H,1-2,10-11,16-17,20-22H2,3H3;4,7,12H,3,5H2,1-2H3,(H,16,17)(H,13,18,19)/b8-6+,9-7+;. The molecule has 1 aliphatic carbocycles. The molecule has 0 saturated carbocycles. The fourth-order valence-electron chi connectivity index (χ4n) is 5.80. The molecule has 3 N–H and O–H groups in total. The molecule has 0 fully saturated rings. The minimum absolute atomic E-state index is 0.0324. The summed E-state index contributed by atoms with van der Waals surface area (Å²) in [5.74, 6) is -1.74. The molecule has 0 bridgehead atoms. The van der Waals surface area contributed by atoms with Crippen LogP contribution in [0.1, 0.15) is 62.6 Å². The molecule has 55 heavy (non-hydrogen) atoms. The Labute approximate surface area is 320 Å². The van der Waals surface area contributed by atoms with Gasteiger partial charge in [-0.2, -0.15) is 0 Å². The molecule has 0 spiro atoms. The molecule has 1 unspecified atom stereocenters. The number of H-pyrrole nitrogens is 1. The van der Waals surface area contributed by atoms with Gasteiger partial charge in [0.2, 0.25) is 0 Å². The zero-order valence-corrected chi connectivity index (χ0v) is 31.5. The number of carboxylic acid groups (broad SMARTS) is 1. The summed E-state index contributed by atoms with van der Waals surface area (Å²) in [6.07, 6.45) is 13.4. The van der Waals surface area contributed by atoms with Gasteiger partial charge in [-0.1, -0.05) is 73.9 Å². The third kappa shape index (κ3) is 13.0. The molecule has 13 nitrogen and oxygen atoms in total. The smallest absolute Gasteiger partial charge is 0.328 e. The highest BCUT2D eigenvalue weighted by molar-refractivity contribution is 6.00. The molecule has 13 heteroatoms. The number of aryl methyl sites for hydroxylation is 1. The zero-order chi connectivity index (χ0) is 40.3. The van der Waals surface area contributed by atoms with Crippen LogP contribution in [0, 0.1) is 6.92 Å². The summed E-state index contributed by atoms with van der Waals surface area (Å²) < 4.78 is 17.6. The van der Waals surface area contributed by atoms with E-state index in [2.05, 4.69) is 23.5 Å². The van der Waals surface area contributed by atoms with Gasteiger partial charge in [0.15, 0.2) is 17.3 Å². The van der Waals surface area contributed by atoms with Gasteiger partial charge in [0.05, 0.1) is 38.8 Å². The Kier molecular flexibility index (Phi) is 18.0. The molecule has 1 heterocycles. The largest absolute Gasteiger partial charge is 0.481 e. The van der Waals surface area contributed by atoms with Crippen LogP contribution in [0.4, 0.5) is 0 Å². The van der Waals surface area contributed by atoms with Gasteiger partial charge in [-0.05, 0) is 61.2 Å². The number of Topliss-reactive ketones (excluding diaryl/α,β-unsaturated/α-hetero) is 3. The van der Waals surface area contributed by atoms with Crippen molar-refractivity contribution < 1.29 is 38.5 Å². The second-order valence-electron chi connectivity index (χ2n) is 12.6. The van der Waals surface area contributed by atoms with Crippen LogP contribution in [-0.4, -0.2) is 91.2 Å². The number of nitrogens with zero attached hydrogens (tertiary/aromatic N) is 1. The van der Waals surface area contributed by atoms with Crippen molar-refractivity contribution in [2.24, 2.45) is 0 Å². The summed E-state index contributed by atoms with van der Waals surface area (Å²) in [6, 6.07) is 10.6. The summed E-state index contributed by atoms with van der Waals surface area (Å²) in [5.41, 5.74) is 4.48. The average molecular weight is 756 g/mol. The lowest BCUT2D eigenvalue weighted by atomic mass is 9.94. The summed E-state index contributed by atoms with van der Waals surface area (Å²) >= 11 is 0. The molecule has 4 rings (SSSR count). The van der Waals surface area contributed by atoms with Crippen molar-refractivity contribution in [2.75, 3.05) is 47.2 Å². The maximum Gasteiger partial charge on any atom is 0.328 e. The Hall–Kier alpha value is -5.60. The average Bonchev–Trinajstić information content (AvgIpc) is 3.47. The molecule has 0 aliphatic heterocycles. The van der Waals surface area contributed by atoms with E-state index in [1.807, 2.05) is 60.7 Å². The predicted octanol–water partition coefficient (Wildman–Crippen LogP) is 4.59. The van der Waals surface area contributed by atoms with Crippen molar-refractivity contribution in [1.82, 2.24) is 14.9 Å². The fourth-order valence-corrected chi connectivity index (χ4v) is 5.80. The van der Waals surface area contributed by atoms with Crippen LogP contribution in [0.25, 0.3) is 11.1 Å². The van der Waals surface area contributed by atoms with E-state index in [1.54, 1.807) is 19.3 Å². The number of hydrogen-bond donors (Lipinski definition) is 3. The van der Waals surface area contributed by atoms with Gasteiger partial charge in [-0.25, -0.2) is 4.79 Å². The van der Waals surface area contributed by atoms with Crippen LogP contribution in [0.3, 0.4) is 0 Å². The molecular weight excluding hydrogens is 706 g/mol. The van der Waals surface area contributed by atoms with Crippen LogP contribution in [-0.2, 0) is 30.3 Å². The van der Waals surface area contributed by atoms with Crippen molar-refractivity contribution in [3.63, 3.8) is 0 Å². The number of aliphatic carboxylic acids is 1. The number of rotatable bonds is 22. The van der Waals surface area contributed by atoms with E-state index in [0.717, 1.165) is 39.7 Å². The number of allylic oxidation sites excluding steroid dienone is 4. The van der Waals surface area contributed by atoms with Crippen LogP contribution in [0.15, 0.2) is 102 Å². The Balaban J connectivity index is 0.000000360. The van der Waals surface area contributed by atoms with Crippen LogP contribution in [0.2, 0.25) is 0 Å². The first-order chi connectivity index (χ1) is 26.4. The van der Waals surface area contributed by atoms with Gasteiger partial charge >= 0.3 is 11.7 Å². The minimum atomic E-state index is -1.11. The number of carbonyl (C=O) groups is 4. The summed E-state index contributed by atoms with van der Waals surface area (Å²) in [5, 5.41) is 11.2. The lowest BCUT2D eigenvalue weighted by Gasteiger charge is -2.14. The summed E-state index contributed by atoms with van der Waals surface area (Å²) in [4.78, 5) is 72.6. The second-order valence-corrected chi connectivity index (χ2v) is 12.6. The van der Waals surface area contributed by atoms with Gasteiger partial charge in [0.25, 0.3) is 5.56 Å². The third-order valence-electron chi connectivity index (χ3n) is 8.62. The molecular formula is C42H49N3O10. The first-order valence-electron chi connectivity index (χ1n) is 17.7. The van der Waals surface area contributed by atoms with Gasteiger partial charge < -0.3 is 24.6 Å². The second kappa shape index (κ2) is 22.6. The number of aromatic nitrogens is 2. The molecule has 3 aromatic rings. The van der Waals surface area contributed by atoms with Crippen molar-refractivity contribution in [2.45, 2.75) is 44.7 Å². The Morgan fingerprint density at radius 1 is 0.909 bits per heavy atom. The highest BCUT2D eigenvalue weighted by Crippen LogP contribution is 2.45. The monoisotopic (exact) mass is 755 g/mol. The maximum absolute atomic E-state index is 12.7. The van der Waals surface area contributed by atoms with E-state index in [0.29, 0.717) is 36.5 Å². The topological polar surface area (TPSA) is 183 Å². The lowest BCUT2D eigenvalue weighted by Crippen LogP contribution is -2.41. The van der Waals surface area contributed by atoms with Gasteiger partial charge in [0, 0.05) is 35.9 Å². The molecule has 1 aliphatic rings. The first-order valence-corrected chi connectivity index (χ1v) is 17.7. The van der Waals surface area contributed by atoms with Crippen LogP contribution >= 0.6 is 0 Å². The molecule has 0 amide bonds. The van der Waals surface area contributed by atoms with Crippen LogP contribution in [0.5, 0.6) is 0 Å². The van der Waals surface area contributed by atoms with Crippen molar-refractivity contribution in [3.05, 3.63) is 141 Å². The quantitative estimate of drug-likeness (QED) is 0.0741. The van der Waals surface area contributed by atoms with E-state index in [9.17, 15) is 28.8 Å². The number of carboxylic acids is 1. The molecule has 0 saturated heterocycles. The van der Waals surface area contributed by atoms with Gasteiger partial charge in [0.1, 0.15) is 13.2 Å². The summed E-state index contributed by atoms with van der Waals surface area (Å²) in [7, 11) is 3.12. The maximum atomic E-state index is 12.7. The Bertz CT molecular complexity index is 1940. The lowest BCUT2D eigenvalue weighted by molar-refractivity contribution is -0.139. The van der Waals surface area contributed by atoms with Crippen LogP contribution < -0.4 is 16.6 Å². The highest BCUT2D eigenvalue weighted by Gasteiger charge is 2.30. The fraction of sp³-hybridized carbons (Fsp3) is 0.333. The summed E-state index contributed by atoms with van der Waals surface area (Å²) in [6.45, 7) is 9.94. The van der Waals surface area contributed by atoms with E-state index in [1.165, 1.54) is 20.2 Å². The number of aromatic amines is 1. The number of carbonyl (C=O) groups excluding carboxylic acids is 3. The first kappa shape index (κ1) is 43.8. The predicted molar refractivity (Wildman–Crippen MR) is 210 cm³/mol.